The van der Waals surface area contributed by atoms with E-state index in [4.69, 9.17) is 15.0 Å². The van der Waals surface area contributed by atoms with Gasteiger partial charge in [-0.1, -0.05) is 17.3 Å². The summed E-state index contributed by atoms with van der Waals surface area (Å²) in [6, 6.07) is 9.63. The Hall–Kier alpha value is -6.32. The number of amides is 3. The molecule has 0 bridgehead atoms. The number of rotatable bonds is 14. The van der Waals surface area contributed by atoms with Gasteiger partial charge in [-0.25, -0.2) is 34.0 Å². The summed E-state index contributed by atoms with van der Waals surface area (Å²) in [4.78, 5) is 89.8. The standard InChI is InChI=1S/C34H32N8O11S2/c1-34(2,31(48)49)53-39-24(22-16-55-32(35)36-22)27(44)37-25-28(45)42-26(30(46)47)19(15-54-29(25)42)13-40-10-8-18(9-11-40)17-4-6-20(7-5-17)41-14-21(52-33(41)50)12-23(43)38-51-3/h4-11,14,16,25,29H,12-13,15H2,1-3H3,(H5-,35,36,37,38,43,44,46,47,48,49)/p+1/b39-24-/t25-,29+/m1/s1. The van der Waals surface area contributed by atoms with Crippen molar-refractivity contribution in [3.8, 4) is 16.8 Å². The molecule has 1 saturated heterocycles. The van der Waals surface area contributed by atoms with E-state index in [0.29, 0.717) is 11.3 Å². The molecule has 2 aliphatic rings. The van der Waals surface area contributed by atoms with Crippen LogP contribution in [0.3, 0.4) is 0 Å². The predicted octanol–water partition coefficient (Wildman–Crippen LogP) is 0.667. The smallest absolute Gasteiger partial charge is 0.423 e. The van der Waals surface area contributed by atoms with E-state index >= 15 is 0 Å². The van der Waals surface area contributed by atoms with Gasteiger partial charge in [0.15, 0.2) is 29.8 Å². The van der Waals surface area contributed by atoms with Gasteiger partial charge in [-0.15, -0.1) is 23.1 Å². The Kier molecular flexibility index (Phi) is 10.9. The first kappa shape index (κ1) is 38.4. The number of hydrogen-bond acceptors (Lipinski definition) is 14. The van der Waals surface area contributed by atoms with E-state index in [1.165, 1.54) is 48.9 Å². The number of carboxylic acids is 2. The molecule has 4 aromatic rings. The van der Waals surface area contributed by atoms with Crippen molar-refractivity contribution in [3.05, 3.63) is 93.6 Å². The summed E-state index contributed by atoms with van der Waals surface area (Å²) in [6.07, 6.45) is 4.80. The van der Waals surface area contributed by atoms with Gasteiger partial charge in [0, 0.05) is 28.8 Å². The van der Waals surface area contributed by atoms with Crippen molar-refractivity contribution in [1.29, 1.82) is 0 Å². The number of oxime groups is 1. The zero-order valence-corrected chi connectivity index (χ0v) is 30.9. The van der Waals surface area contributed by atoms with Gasteiger partial charge in [0.05, 0.1) is 25.4 Å². The van der Waals surface area contributed by atoms with Crippen LogP contribution >= 0.6 is 23.1 Å². The average Bonchev–Trinajstić information content (AvgIpc) is 3.74. The van der Waals surface area contributed by atoms with Crippen LogP contribution < -0.4 is 26.9 Å². The first-order valence-electron chi connectivity index (χ1n) is 16.2. The number of aliphatic carboxylic acids is 2. The molecule has 0 spiro atoms. The lowest BCUT2D eigenvalue weighted by molar-refractivity contribution is -0.689. The molecule has 0 unspecified atom stereocenters. The highest BCUT2D eigenvalue weighted by molar-refractivity contribution is 8.00. The van der Waals surface area contributed by atoms with Gasteiger partial charge in [0.2, 0.25) is 5.60 Å². The molecule has 1 fully saturated rings. The highest BCUT2D eigenvalue weighted by atomic mass is 32.2. The van der Waals surface area contributed by atoms with Crippen molar-refractivity contribution in [1.82, 2.24) is 25.2 Å². The number of hydroxylamine groups is 1. The minimum absolute atomic E-state index is 0.00148. The Labute approximate surface area is 319 Å². The molecule has 21 heteroatoms. The lowest BCUT2D eigenvalue weighted by Crippen LogP contribution is -2.71. The number of pyridine rings is 1. The first-order valence-corrected chi connectivity index (χ1v) is 18.1. The summed E-state index contributed by atoms with van der Waals surface area (Å²) >= 11 is 2.28. The zero-order valence-electron chi connectivity index (χ0n) is 29.2. The molecule has 0 aliphatic carbocycles. The maximum atomic E-state index is 13.4. The van der Waals surface area contributed by atoms with E-state index in [0.717, 1.165) is 27.4 Å². The van der Waals surface area contributed by atoms with Gasteiger partial charge in [-0.05, 0) is 37.1 Å². The Morgan fingerprint density at radius 3 is 2.42 bits per heavy atom. The van der Waals surface area contributed by atoms with Crippen molar-refractivity contribution in [2.45, 2.75) is 43.8 Å². The molecular formula is C34H33N8O11S2+. The molecule has 2 aliphatic heterocycles. The van der Waals surface area contributed by atoms with Crippen LogP contribution in [0.4, 0.5) is 5.13 Å². The molecule has 6 rings (SSSR count). The molecule has 2 atom stereocenters. The number of β-lactam (4-membered cyclic amide) rings is 1. The maximum absolute atomic E-state index is 13.4. The molecule has 6 N–H and O–H groups in total. The summed E-state index contributed by atoms with van der Waals surface area (Å²) in [5.74, 6) is -4.91. The quantitative estimate of drug-likeness (QED) is 0.0509. The summed E-state index contributed by atoms with van der Waals surface area (Å²) in [5.41, 5.74) is 8.16. The number of aromatic nitrogens is 3. The number of nitrogen functional groups attached to an aromatic ring is 1. The van der Waals surface area contributed by atoms with Crippen LogP contribution in [0, 0.1) is 0 Å². The molecule has 0 radical (unpaired) electrons. The number of nitrogens with one attached hydrogen (secondary N) is 2. The fourth-order valence-corrected chi connectivity index (χ4v) is 7.44. The van der Waals surface area contributed by atoms with E-state index in [9.17, 15) is 39.0 Å². The molecule has 55 heavy (non-hydrogen) atoms. The van der Waals surface area contributed by atoms with Gasteiger partial charge in [0.25, 0.3) is 17.7 Å². The number of carbonyl (C=O) groups excluding carboxylic acids is 3. The van der Waals surface area contributed by atoms with Crippen LogP contribution in [0.15, 0.2) is 86.0 Å². The van der Waals surface area contributed by atoms with Crippen LogP contribution in [-0.2, 0) is 46.6 Å². The van der Waals surface area contributed by atoms with E-state index in [2.05, 4.69) is 25.8 Å². The molecule has 0 saturated carbocycles. The topological polar surface area (TPSA) is 262 Å². The number of carbonyl (C=O) groups is 5. The van der Waals surface area contributed by atoms with Crippen molar-refractivity contribution >= 4 is 63.6 Å². The number of nitrogens with two attached hydrogens (primary N) is 1. The summed E-state index contributed by atoms with van der Waals surface area (Å²) < 4.78 is 8.22. The Morgan fingerprint density at radius 2 is 1.80 bits per heavy atom. The Bertz CT molecular complexity index is 2290. The van der Waals surface area contributed by atoms with Crippen molar-refractivity contribution in [2.24, 2.45) is 5.16 Å². The Balaban J connectivity index is 1.13. The van der Waals surface area contributed by atoms with E-state index < -0.39 is 58.1 Å². The number of nitrogens with zero attached hydrogens (tertiary/aromatic N) is 5. The second kappa shape index (κ2) is 15.6. The first-order chi connectivity index (χ1) is 26.2. The van der Waals surface area contributed by atoms with Crippen LogP contribution in [-0.4, -0.2) is 89.9 Å². The zero-order chi connectivity index (χ0) is 39.6. The van der Waals surface area contributed by atoms with Gasteiger partial charge >= 0.3 is 17.7 Å². The summed E-state index contributed by atoms with van der Waals surface area (Å²) in [7, 11) is 1.30. The number of thiazole rings is 1. The molecular weight excluding hydrogens is 761 g/mol. The van der Waals surface area contributed by atoms with Crippen LogP contribution in [0.1, 0.15) is 25.3 Å². The van der Waals surface area contributed by atoms with E-state index in [1.54, 1.807) is 29.1 Å². The minimum atomic E-state index is -1.79. The molecule has 286 valence electrons. The number of oxazole rings is 1. The van der Waals surface area contributed by atoms with Crippen molar-refractivity contribution in [2.75, 3.05) is 18.6 Å². The minimum Gasteiger partial charge on any atom is -0.478 e. The fraction of sp³-hybridized carbons (Fsp3) is 0.265. The normalized spacial score (nSPS) is 17.0. The molecule has 5 heterocycles. The highest BCUT2D eigenvalue weighted by Crippen LogP contribution is 2.40. The maximum Gasteiger partial charge on any atom is 0.423 e. The van der Waals surface area contributed by atoms with Crippen LogP contribution in [0.25, 0.3) is 16.8 Å². The second-order valence-electron chi connectivity index (χ2n) is 12.6. The number of thioether (sulfide) groups is 1. The monoisotopic (exact) mass is 793 g/mol. The SMILES string of the molecule is CONC(=O)Cc1cn(-c2ccc(-c3cc[n+](CC4=C(C(=O)O)N5C(=O)[C@@H](NC(=O)/C(=N\OC(C)(C)C(=O)O)c6csc(N)n6)[C@@H]5SC4)cc3)cc2)c(=O)o1. The predicted molar refractivity (Wildman–Crippen MR) is 194 cm³/mol. The lowest BCUT2D eigenvalue weighted by Gasteiger charge is -2.49. The van der Waals surface area contributed by atoms with Gasteiger partial charge in [0.1, 0.15) is 28.6 Å². The Morgan fingerprint density at radius 1 is 1.11 bits per heavy atom. The van der Waals surface area contributed by atoms with Gasteiger partial charge < -0.3 is 30.5 Å². The molecule has 1 aromatic carbocycles. The molecule has 3 amide bonds. The number of fused-ring (bicyclic) bond motifs is 1. The third kappa shape index (κ3) is 8.12. The third-order valence-electron chi connectivity index (χ3n) is 8.38. The number of benzene rings is 1. The largest absolute Gasteiger partial charge is 0.478 e. The highest BCUT2D eigenvalue weighted by Gasteiger charge is 2.55. The van der Waals surface area contributed by atoms with Crippen molar-refractivity contribution in [3.63, 3.8) is 0 Å². The van der Waals surface area contributed by atoms with Gasteiger partial charge in [-0.3, -0.25) is 24.1 Å². The van der Waals surface area contributed by atoms with Crippen LogP contribution in [0.5, 0.6) is 0 Å². The summed E-state index contributed by atoms with van der Waals surface area (Å²) in [5, 5.41) is 26.7. The van der Waals surface area contributed by atoms with E-state index in [-0.39, 0.29) is 41.0 Å². The van der Waals surface area contributed by atoms with Crippen molar-refractivity contribution < 1.29 is 52.8 Å². The number of carboxylic acid groups (broad SMARTS) is 2. The third-order valence-corrected chi connectivity index (χ3v) is 10.4. The molecule has 3 aromatic heterocycles. The molecule has 19 nitrogen and oxygen atoms in total. The number of anilines is 1. The lowest BCUT2D eigenvalue weighted by atomic mass is 10.0. The van der Waals surface area contributed by atoms with Crippen LogP contribution in [0.2, 0.25) is 0 Å². The fourth-order valence-electron chi connectivity index (χ4n) is 5.56. The number of hydrogen-bond donors (Lipinski definition) is 5. The van der Waals surface area contributed by atoms with E-state index in [1.807, 2.05) is 24.3 Å². The summed E-state index contributed by atoms with van der Waals surface area (Å²) in [6.45, 7) is 2.63. The second-order valence-corrected chi connectivity index (χ2v) is 14.6. The average molecular weight is 794 g/mol. The van der Waals surface area contributed by atoms with Gasteiger partial charge in [-0.2, -0.15) is 0 Å².